The van der Waals surface area contributed by atoms with Gasteiger partial charge in [0.1, 0.15) is 0 Å². The van der Waals surface area contributed by atoms with E-state index in [1.807, 2.05) is 0 Å². The maximum absolute atomic E-state index is 12.7. The van der Waals surface area contributed by atoms with Crippen LogP contribution in [0.4, 0.5) is 0 Å². The first-order valence-corrected chi connectivity index (χ1v) is 7.32. The molecule has 1 aliphatic carbocycles. The molecule has 0 N–H and O–H groups in total. The van der Waals surface area contributed by atoms with E-state index in [4.69, 9.17) is 9.47 Å². The number of amides is 2. The normalized spacial score (nSPS) is 18.9. The molecule has 0 saturated heterocycles. The highest BCUT2D eigenvalue weighted by Crippen LogP contribution is 2.40. The van der Waals surface area contributed by atoms with Gasteiger partial charge in [-0.3, -0.25) is 14.5 Å². The molecular weight excluding hydrogens is 270 g/mol. The van der Waals surface area contributed by atoms with Gasteiger partial charge in [-0.2, -0.15) is 0 Å². The van der Waals surface area contributed by atoms with Gasteiger partial charge in [-0.05, 0) is 25.0 Å². The maximum atomic E-state index is 12.7. The minimum atomic E-state index is -0.252. The molecule has 2 aliphatic rings. The van der Waals surface area contributed by atoms with Gasteiger partial charge in [0, 0.05) is 6.04 Å². The number of benzene rings is 1. The van der Waals surface area contributed by atoms with Gasteiger partial charge in [0.15, 0.2) is 11.5 Å². The zero-order chi connectivity index (χ0) is 15.0. The Morgan fingerprint density at radius 2 is 1.71 bits per heavy atom. The summed E-state index contributed by atoms with van der Waals surface area (Å²) in [5, 5.41) is 0. The van der Waals surface area contributed by atoms with Crippen molar-refractivity contribution in [1.82, 2.24) is 4.90 Å². The number of hydrogen-bond donors (Lipinski definition) is 0. The Balaban J connectivity index is 2.03. The molecule has 0 unspecified atom stereocenters. The Kier molecular flexibility index (Phi) is 3.57. The number of ether oxygens (including phenoxy) is 2. The van der Waals surface area contributed by atoms with Crippen LogP contribution < -0.4 is 9.47 Å². The molecule has 0 atom stereocenters. The fourth-order valence-electron chi connectivity index (χ4n) is 3.33. The second-order valence-electron chi connectivity index (χ2n) is 5.50. The van der Waals surface area contributed by atoms with Gasteiger partial charge in [-0.1, -0.05) is 19.3 Å². The third-order valence-corrected chi connectivity index (χ3v) is 4.37. The Bertz CT molecular complexity index is 590. The SMILES string of the molecule is COc1ccc2c(c1OC)C(=O)N(C1CCCCC1)C2=O. The molecule has 112 valence electrons. The summed E-state index contributed by atoms with van der Waals surface area (Å²) < 4.78 is 10.5. The summed E-state index contributed by atoms with van der Waals surface area (Å²) in [5.74, 6) is 0.370. The molecule has 3 rings (SSSR count). The van der Waals surface area contributed by atoms with Gasteiger partial charge in [0.2, 0.25) is 0 Å². The van der Waals surface area contributed by atoms with E-state index < -0.39 is 0 Å². The van der Waals surface area contributed by atoms with Crippen molar-refractivity contribution in [3.8, 4) is 11.5 Å². The fourth-order valence-corrected chi connectivity index (χ4v) is 3.33. The predicted molar refractivity (Wildman–Crippen MR) is 76.9 cm³/mol. The number of fused-ring (bicyclic) bond motifs is 1. The lowest BCUT2D eigenvalue weighted by molar-refractivity contribution is 0.0548. The van der Waals surface area contributed by atoms with Gasteiger partial charge in [-0.25, -0.2) is 0 Å². The smallest absolute Gasteiger partial charge is 0.265 e. The van der Waals surface area contributed by atoms with Crippen LogP contribution in [0.1, 0.15) is 52.8 Å². The summed E-state index contributed by atoms with van der Waals surface area (Å²) in [6.07, 6.45) is 5.10. The van der Waals surface area contributed by atoms with Crippen molar-refractivity contribution in [2.75, 3.05) is 14.2 Å². The van der Waals surface area contributed by atoms with Crippen LogP contribution in [0.2, 0.25) is 0 Å². The van der Waals surface area contributed by atoms with E-state index in [9.17, 15) is 9.59 Å². The summed E-state index contributed by atoms with van der Waals surface area (Å²) in [6.45, 7) is 0. The molecule has 1 heterocycles. The zero-order valence-corrected chi connectivity index (χ0v) is 12.3. The van der Waals surface area contributed by atoms with Crippen LogP contribution >= 0.6 is 0 Å². The van der Waals surface area contributed by atoms with Crippen molar-refractivity contribution >= 4 is 11.8 Å². The minimum absolute atomic E-state index is 0.0156. The molecular formula is C16H19NO4. The van der Waals surface area contributed by atoms with E-state index in [0.717, 1.165) is 25.7 Å². The monoisotopic (exact) mass is 289 g/mol. The van der Waals surface area contributed by atoms with Crippen LogP contribution in [0.5, 0.6) is 11.5 Å². The van der Waals surface area contributed by atoms with Gasteiger partial charge < -0.3 is 9.47 Å². The first-order chi connectivity index (χ1) is 10.2. The Hall–Kier alpha value is -2.04. The molecule has 1 aromatic rings. The van der Waals surface area contributed by atoms with Gasteiger partial charge in [-0.15, -0.1) is 0 Å². The number of carbonyl (C=O) groups excluding carboxylic acids is 2. The van der Waals surface area contributed by atoms with Crippen LogP contribution in [-0.2, 0) is 0 Å². The Labute approximate surface area is 123 Å². The molecule has 0 aromatic heterocycles. The topological polar surface area (TPSA) is 55.8 Å². The summed E-state index contributed by atoms with van der Waals surface area (Å²) in [4.78, 5) is 26.7. The van der Waals surface area contributed by atoms with E-state index >= 15 is 0 Å². The van der Waals surface area contributed by atoms with E-state index in [0.29, 0.717) is 22.6 Å². The zero-order valence-electron chi connectivity index (χ0n) is 12.3. The van der Waals surface area contributed by atoms with E-state index in [1.165, 1.54) is 25.5 Å². The molecule has 0 spiro atoms. The lowest BCUT2D eigenvalue weighted by Crippen LogP contribution is -2.40. The molecule has 0 bridgehead atoms. The number of hydrogen-bond acceptors (Lipinski definition) is 4. The third kappa shape index (κ3) is 2.07. The van der Waals surface area contributed by atoms with Gasteiger partial charge >= 0.3 is 0 Å². The van der Waals surface area contributed by atoms with Crippen LogP contribution in [0.3, 0.4) is 0 Å². The van der Waals surface area contributed by atoms with Crippen LogP contribution in [-0.4, -0.2) is 37.0 Å². The first kappa shape index (κ1) is 13.9. The summed E-state index contributed by atoms with van der Waals surface area (Å²) in [6, 6.07) is 3.34. The predicted octanol–water partition coefficient (Wildman–Crippen LogP) is 2.63. The maximum Gasteiger partial charge on any atom is 0.265 e. The number of imide groups is 1. The Morgan fingerprint density at radius 1 is 1.00 bits per heavy atom. The number of nitrogens with zero attached hydrogens (tertiary/aromatic N) is 1. The van der Waals surface area contributed by atoms with Gasteiger partial charge in [0.05, 0.1) is 25.3 Å². The van der Waals surface area contributed by atoms with Crippen molar-refractivity contribution in [3.63, 3.8) is 0 Å². The number of rotatable bonds is 3. The van der Waals surface area contributed by atoms with Crippen molar-refractivity contribution in [2.45, 2.75) is 38.1 Å². The molecule has 2 amide bonds. The van der Waals surface area contributed by atoms with Gasteiger partial charge in [0.25, 0.3) is 11.8 Å². The van der Waals surface area contributed by atoms with Crippen LogP contribution in [0, 0.1) is 0 Å². The summed E-state index contributed by atoms with van der Waals surface area (Å²) in [5.41, 5.74) is 0.760. The number of carbonyl (C=O) groups is 2. The second-order valence-corrected chi connectivity index (χ2v) is 5.50. The summed E-state index contributed by atoms with van der Waals surface area (Å²) >= 11 is 0. The lowest BCUT2D eigenvalue weighted by Gasteiger charge is -2.29. The third-order valence-electron chi connectivity index (χ3n) is 4.37. The summed E-state index contributed by atoms with van der Waals surface area (Å²) in [7, 11) is 3.00. The van der Waals surface area contributed by atoms with Crippen molar-refractivity contribution < 1.29 is 19.1 Å². The average molecular weight is 289 g/mol. The highest BCUT2D eigenvalue weighted by molar-refractivity contribution is 6.23. The lowest BCUT2D eigenvalue weighted by atomic mass is 9.94. The molecule has 1 fully saturated rings. The molecule has 5 heteroatoms. The molecule has 0 radical (unpaired) electrons. The fraction of sp³-hybridized carbons (Fsp3) is 0.500. The van der Waals surface area contributed by atoms with Crippen LogP contribution in [0.25, 0.3) is 0 Å². The number of methoxy groups -OCH3 is 2. The molecule has 1 saturated carbocycles. The van der Waals surface area contributed by atoms with E-state index in [2.05, 4.69) is 0 Å². The van der Waals surface area contributed by atoms with Crippen LogP contribution in [0.15, 0.2) is 12.1 Å². The molecule has 1 aliphatic heterocycles. The first-order valence-electron chi connectivity index (χ1n) is 7.32. The highest BCUT2D eigenvalue weighted by atomic mass is 16.5. The van der Waals surface area contributed by atoms with Crippen molar-refractivity contribution in [3.05, 3.63) is 23.3 Å². The van der Waals surface area contributed by atoms with E-state index in [1.54, 1.807) is 12.1 Å². The van der Waals surface area contributed by atoms with E-state index in [-0.39, 0.29) is 17.9 Å². The Morgan fingerprint density at radius 3 is 2.33 bits per heavy atom. The average Bonchev–Trinajstić information content (AvgIpc) is 2.78. The standard InChI is InChI=1S/C16H19NO4/c1-20-12-9-8-11-13(14(12)21-2)16(19)17(15(11)18)10-6-4-3-5-7-10/h8-10H,3-7H2,1-2H3. The van der Waals surface area contributed by atoms with Crippen molar-refractivity contribution in [2.24, 2.45) is 0 Å². The second kappa shape index (κ2) is 5.39. The molecule has 5 nitrogen and oxygen atoms in total. The largest absolute Gasteiger partial charge is 0.493 e. The minimum Gasteiger partial charge on any atom is -0.493 e. The highest BCUT2D eigenvalue weighted by Gasteiger charge is 2.43. The molecule has 21 heavy (non-hydrogen) atoms. The van der Waals surface area contributed by atoms with Crippen molar-refractivity contribution in [1.29, 1.82) is 0 Å². The quantitative estimate of drug-likeness (QED) is 0.803. The molecule has 1 aromatic carbocycles.